The van der Waals surface area contributed by atoms with Crippen molar-refractivity contribution in [2.75, 3.05) is 0 Å². The van der Waals surface area contributed by atoms with Gasteiger partial charge in [0.2, 0.25) is 0 Å². The standard InChI is InChI=1S/C24H27O5P/c1-6-22(28-18(4)25)24(23(17(2)3)29-19(5)26)30(27,20-13-9-7-10-14-20)21-15-11-8-12-16-21/h6-16,22-24H,1-2H2,3-5H3/t22-,23+,24+/m0/s1. The van der Waals surface area contributed by atoms with Gasteiger partial charge in [-0.2, -0.15) is 0 Å². The van der Waals surface area contributed by atoms with Gasteiger partial charge in [0, 0.05) is 24.5 Å². The van der Waals surface area contributed by atoms with Crippen molar-refractivity contribution in [1.82, 2.24) is 0 Å². The van der Waals surface area contributed by atoms with Crippen molar-refractivity contribution in [3.63, 3.8) is 0 Å². The predicted octanol–water partition coefficient (Wildman–Crippen LogP) is 3.99. The van der Waals surface area contributed by atoms with Gasteiger partial charge in [-0.3, -0.25) is 9.59 Å². The molecular weight excluding hydrogens is 399 g/mol. The summed E-state index contributed by atoms with van der Waals surface area (Å²) in [5.41, 5.74) is -0.452. The third kappa shape index (κ3) is 5.17. The van der Waals surface area contributed by atoms with Crippen LogP contribution in [0, 0.1) is 0 Å². The molecule has 6 heteroatoms. The summed E-state index contributed by atoms with van der Waals surface area (Å²) in [6.45, 7) is 12.0. The molecule has 0 heterocycles. The fourth-order valence-corrected chi connectivity index (χ4v) is 6.96. The largest absolute Gasteiger partial charge is 0.457 e. The van der Waals surface area contributed by atoms with E-state index in [0.29, 0.717) is 16.2 Å². The predicted molar refractivity (Wildman–Crippen MR) is 120 cm³/mol. The first-order valence-corrected chi connectivity index (χ1v) is 11.3. The molecule has 0 bridgehead atoms. The normalized spacial score (nSPS) is 14.1. The van der Waals surface area contributed by atoms with E-state index >= 15 is 0 Å². The maximum absolute atomic E-state index is 15.0. The molecule has 0 fully saturated rings. The third-order valence-corrected chi connectivity index (χ3v) is 8.19. The smallest absolute Gasteiger partial charge is 0.303 e. The number of benzene rings is 2. The van der Waals surface area contributed by atoms with Crippen molar-refractivity contribution >= 4 is 29.7 Å². The highest BCUT2D eigenvalue weighted by Crippen LogP contribution is 2.53. The molecule has 2 aromatic carbocycles. The lowest BCUT2D eigenvalue weighted by molar-refractivity contribution is -0.148. The summed E-state index contributed by atoms with van der Waals surface area (Å²) in [5.74, 6) is -1.10. The molecule has 0 unspecified atom stereocenters. The molecular formula is C24H27O5P. The molecule has 158 valence electrons. The van der Waals surface area contributed by atoms with E-state index in [9.17, 15) is 14.2 Å². The highest BCUT2D eigenvalue weighted by atomic mass is 31.2. The molecule has 2 aromatic rings. The quantitative estimate of drug-likeness (QED) is 0.344. The highest BCUT2D eigenvalue weighted by molar-refractivity contribution is 7.79. The van der Waals surface area contributed by atoms with E-state index in [1.165, 1.54) is 19.9 Å². The first-order valence-electron chi connectivity index (χ1n) is 9.55. The van der Waals surface area contributed by atoms with Crippen molar-refractivity contribution in [2.45, 2.75) is 38.6 Å². The van der Waals surface area contributed by atoms with E-state index in [4.69, 9.17) is 9.47 Å². The van der Waals surface area contributed by atoms with Gasteiger partial charge in [-0.15, -0.1) is 0 Å². The summed E-state index contributed by atoms with van der Waals surface area (Å²) in [5, 5.41) is 1.11. The second kappa shape index (κ2) is 10.2. The van der Waals surface area contributed by atoms with Gasteiger partial charge in [0.25, 0.3) is 0 Å². The maximum Gasteiger partial charge on any atom is 0.303 e. The minimum Gasteiger partial charge on any atom is -0.457 e. The molecule has 0 saturated heterocycles. The zero-order valence-electron chi connectivity index (χ0n) is 17.5. The van der Waals surface area contributed by atoms with E-state index in [1.54, 1.807) is 55.5 Å². The second-order valence-electron chi connectivity index (χ2n) is 7.01. The van der Waals surface area contributed by atoms with Crippen LogP contribution in [0.5, 0.6) is 0 Å². The Hall–Kier alpha value is -2.91. The van der Waals surface area contributed by atoms with Gasteiger partial charge in [0.1, 0.15) is 17.9 Å². The number of hydrogen-bond acceptors (Lipinski definition) is 5. The Balaban J connectivity index is 2.85. The Morgan fingerprint density at radius 3 is 1.63 bits per heavy atom. The fraction of sp³-hybridized carbons (Fsp3) is 0.250. The molecule has 0 aliphatic heterocycles. The first-order chi connectivity index (χ1) is 14.2. The molecule has 0 spiro atoms. The monoisotopic (exact) mass is 426 g/mol. The molecule has 0 radical (unpaired) electrons. The summed E-state index contributed by atoms with van der Waals surface area (Å²) in [7, 11) is -3.52. The zero-order chi connectivity index (χ0) is 22.3. The van der Waals surface area contributed by atoms with Crippen molar-refractivity contribution in [3.8, 4) is 0 Å². The summed E-state index contributed by atoms with van der Waals surface area (Å²) in [6.07, 6.45) is -0.518. The maximum atomic E-state index is 15.0. The van der Waals surface area contributed by atoms with Crippen molar-refractivity contribution in [3.05, 3.63) is 85.5 Å². The Labute approximate surface area is 177 Å². The van der Waals surface area contributed by atoms with Gasteiger partial charge < -0.3 is 14.0 Å². The van der Waals surface area contributed by atoms with Crippen LogP contribution in [-0.2, 0) is 23.6 Å². The second-order valence-corrected chi connectivity index (χ2v) is 9.95. The summed E-state index contributed by atoms with van der Waals surface area (Å²) >= 11 is 0. The van der Waals surface area contributed by atoms with Gasteiger partial charge in [0.05, 0.1) is 0 Å². The molecule has 5 nitrogen and oxygen atoms in total. The molecule has 0 aromatic heterocycles. The average molecular weight is 426 g/mol. The lowest BCUT2D eigenvalue weighted by Gasteiger charge is -2.37. The molecule has 0 aliphatic carbocycles. The number of ether oxygens (including phenoxy) is 2. The lowest BCUT2D eigenvalue weighted by atomic mass is 10.0. The molecule has 3 atom stereocenters. The fourth-order valence-electron chi connectivity index (χ4n) is 3.45. The Morgan fingerprint density at radius 1 is 0.867 bits per heavy atom. The molecule has 0 amide bonds. The van der Waals surface area contributed by atoms with Crippen LogP contribution in [0.4, 0.5) is 0 Å². The summed E-state index contributed by atoms with van der Waals surface area (Å²) in [4.78, 5) is 23.8. The van der Waals surface area contributed by atoms with Crippen molar-refractivity contribution in [1.29, 1.82) is 0 Å². The van der Waals surface area contributed by atoms with Crippen LogP contribution in [0.1, 0.15) is 20.8 Å². The van der Waals surface area contributed by atoms with Crippen LogP contribution in [0.2, 0.25) is 0 Å². The summed E-state index contributed by atoms with van der Waals surface area (Å²) in [6, 6.07) is 17.9. The topological polar surface area (TPSA) is 69.7 Å². The molecule has 30 heavy (non-hydrogen) atoms. The van der Waals surface area contributed by atoms with Crippen molar-refractivity contribution < 1.29 is 23.6 Å². The van der Waals surface area contributed by atoms with Crippen LogP contribution in [0.3, 0.4) is 0 Å². The average Bonchev–Trinajstić information content (AvgIpc) is 2.72. The minimum absolute atomic E-state index is 0.487. The third-order valence-electron chi connectivity index (χ3n) is 4.66. The number of carbonyl (C=O) groups excluding carboxylic acids is 2. The van der Waals surface area contributed by atoms with Gasteiger partial charge in [-0.05, 0) is 12.5 Å². The Morgan fingerprint density at radius 2 is 1.30 bits per heavy atom. The van der Waals surface area contributed by atoms with Gasteiger partial charge in [-0.1, -0.05) is 79.9 Å². The SMILES string of the molecule is C=C[C@H](OC(C)=O)[C@H]([C@H](OC(C)=O)C(=C)C)P(=O)(c1ccccc1)c1ccccc1. The number of hydrogen-bond donors (Lipinski definition) is 0. The van der Waals surface area contributed by atoms with E-state index in [0.717, 1.165) is 0 Å². The lowest BCUT2D eigenvalue weighted by Crippen LogP contribution is -2.46. The van der Waals surface area contributed by atoms with Crippen LogP contribution >= 0.6 is 7.14 Å². The number of rotatable bonds is 9. The minimum atomic E-state index is -3.52. The van der Waals surface area contributed by atoms with Gasteiger partial charge in [-0.25, -0.2) is 0 Å². The van der Waals surface area contributed by atoms with Crippen molar-refractivity contribution in [2.24, 2.45) is 0 Å². The van der Waals surface area contributed by atoms with Crippen LogP contribution in [-0.4, -0.2) is 29.8 Å². The van der Waals surface area contributed by atoms with E-state index in [-0.39, 0.29) is 0 Å². The van der Waals surface area contributed by atoms with Crippen LogP contribution < -0.4 is 10.6 Å². The molecule has 0 aliphatic rings. The summed E-state index contributed by atoms with van der Waals surface area (Å²) < 4.78 is 26.0. The molecule has 0 N–H and O–H groups in total. The van der Waals surface area contributed by atoms with Gasteiger partial charge >= 0.3 is 11.9 Å². The van der Waals surface area contributed by atoms with E-state index in [1.807, 2.05) is 12.1 Å². The number of carbonyl (C=O) groups is 2. The molecule has 2 rings (SSSR count). The van der Waals surface area contributed by atoms with E-state index in [2.05, 4.69) is 13.2 Å². The Bertz CT molecular complexity index is 909. The van der Waals surface area contributed by atoms with E-state index < -0.39 is 36.9 Å². The van der Waals surface area contributed by atoms with Crippen LogP contribution in [0.25, 0.3) is 0 Å². The Kier molecular flexibility index (Phi) is 7.96. The highest BCUT2D eigenvalue weighted by Gasteiger charge is 2.48. The zero-order valence-corrected chi connectivity index (χ0v) is 18.4. The number of esters is 2. The van der Waals surface area contributed by atoms with Crippen LogP contribution in [0.15, 0.2) is 85.5 Å². The molecule has 0 saturated carbocycles. The first kappa shape index (κ1) is 23.4. The van der Waals surface area contributed by atoms with Gasteiger partial charge in [0.15, 0.2) is 7.14 Å².